The molecule has 1 aromatic heterocycles. The lowest BCUT2D eigenvalue weighted by Crippen LogP contribution is -2.69. The maximum Gasteiger partial charge on any atom is 0.441 e. The van der Waals surface area contributed by atoms with Crippen molar-refractivity contribution in [1.29, 1.82) is 5.26 Å². The van der Waals surface area contributed by atoms with Gasteiger partial charge in [-0.3, -0.25) is 4.79 Å². The van der Waals surface area contributed by atoms with Crippen LogP contribution in [0.25, 0.3) is 0 Å². The van der Waals surface area contributed by atoms with Crippen LogP contribution in [0.5, 0.6) is 0 Å². The molecule has 1 aromatic carbocycles. The minimum atomic E-state index is -5.28. The van der Waals surface area contributed by atoms with E-state index in [0.29, 0.717) is 24.3 Å². The maximum absolute atomic E-state index is 14.6. The van der Waals surface area contributed by atoms with Gasteiger partial charge >= 0.3 is 17.8 Å². The van der Waals surface area contributed by atoms with E-state index in [4.69, 9.17) is 4.74 Å². The summed E-state index contributed by atoms with van der Waals surface area (Å²) in [7, 11) is 0. The molecule has 1 aliphatic rings. The molecule has 35 heavy (non-hydrogen) atoms. The fourth-order valence-electron chi connectivity index (χ4n) is 4.16. The van der Waals surface area contributed by atoms with E-state index >= 15 is 0 Å². The van der Waals surface area contributed by atoms with Crippen LogP contribution in [0.2, 0.25) is 0 Å². The van der Waals surface area contributed by atoms with Crippen molar-refractivity contribution in [3.8, 4) is 6.07 Å². The Kier molecular flexibility index (Phi) is 7.50. The summed E-state index contributed by atoms with van der Waals surface area (Å²) in [6.45, 7) is 7.35. The van der Waals surface area contributed by atoms with Crippen molar-refractivity contribution in [3.05, 3.63) is 51.9 Å². The van der Waals surface area contributed by atoms with Crippen molar-refractivity contribution < 1.29 is 27.5 Å². The molecule has 0 radical (unpaired) electrons. The molecular weight excluding hydrogens is 479 g/mol. The van der Waals surface area contributed by atoms with Crippen LogP contribution in [0, 0.1) is 22.7 Å². The Bertz CT molecular complexity index is 1130. The highest BCUT2D eigenvalue weighted by molar-refractivity contribution is 7.16. The Morgan fingerprint density at radius 1 is 1.20 bits per heavy atom. The number of esters is 1. The van der Waals surface area contributed by atoms with Crippen LogP contribution in [0.4, 0.5) is 18.2 Å². The first-order valence-corrected chi connectivity index (χ1v) is 12.1. The number of anilines is 1. The summed E-state index contributed by atoms with van der Waals surface area (Å²) in [5, 5.41) is 13.7. The zero-order valence-corrected chi connectivity index (χ0v) is 20.8. The average molecular weight is 508 g/mol. The highest BCUT2D eigenvalue weighted by Gasteiger charge is 2.64. The summed E-state index contributed by atoms with van der Waals surface area (Å²) in [4.78, 5) is 26.4. The predicted molar refractivity (Wildman–Crippen MR) is 127 cm³/mol. The fraction of sp³-hybridized carbons (Fsp3) is 0.480. The molecule has 2 aromatic rings. The van der Waals surface area contributed by atoms with Gasteiger partial charge in [-0.2, -0.15) is 18.4 Å². The monoisotopic (exact) mass is 507 g/mol. The molecule has 0 bridgehead atoms. The molecule has 188 valence electrons. The summed E-state index contributed by atoms with van der Waals surface area (Å²) in [5.74, 6) is -2.53. The molecule has 0 spiro atoms. The van der Waals surface area contributed by atoms with E-state index in [-0.39, 0.29) is 28.1 Å². The van der Waals surface area contributed by atoms with Crippen molar-refractivity contribution in [2.24, 2.45) is 11.3 Å². The van der Waals surface area contributed by atoms with Crippen molar-refractivity contribution in [3.63, 3.8) is 0 Å². The first-order valence-electron chi connectivity index (χ1n) is 11.3. The molecule has 0 aliphatic heterocycles. The molecule has 3 rings (SSSR count). The van der Waals surface area contributed by atoms with Gasteiger partial charge in [0.05, 0.1) is 12.2 Å². The van der Waals surface area contributed by atoms with E-state index < -0.39 is 23.7 Å². The molecule has 1 heterocycles. The number of hydrogen-bond acceptors (Lipinski definition) is 6. The van der Waals surface area contributed by atoms with Gasteiger partial charge in [0.2, 0.25) is 0 Å². The molecule has 0 saturated heterocycles. The predicted octanol–water partition coefficient (Wildman–Crippen LogP) is 5.43. The van der Waals surface area contributed by atoms with Gasteiger partial charge in [0.1, 0.15) is 11.1 Å². The van der Waals surface area contributed by atoms with Crippen molar-refractivity contribution in [1.82, 2.24) is 5.32 Å². The van der Waals surface area contributed by atoms with Crippen LogP contribution in [-0.2, 0) is 22.4 Å². The lowest BCUT2D eigenvalue weighted by molar-refractivity contribution is -0.204. The summed E-state index contributed by atoms with van der Waals surface area (Å²) < 4.78 is 48.5. The Labute approximate surface area is 206 Å². The molecule has 1 amide bonds. The third-order valence-corrected chi connectivity index (χ3v) is 7.42. The van der Waals surface area contributed by atoms with Crippen molar-refractivity contribution in [2.75, 3.05) is 11.9 Å². The highest BCUT2D eigenvalue weighted by atomic mass is 32.1. The molecule has 2 N–H and O–H groups in total. The number of thiophene rings is 1. The quantitative estimate of drug-likeness (QED) is 0.402. The normalized spacial score (nSPS) is 17.5. The fourth-order valence-corrected chi connectivity index (χ4v) is 5.50. The number of alkyl halides is 3. The lowest BCUT2D eigenvalue weighted by Gasteiger charge is -2.35. The maximum atomic E-state index is 14.6. The summed E-state index contributed by atoms with van der Waals surface area (Å²) in [6, 6.07) is 9.27. The molecule has 0 fully saturated rings. The SMILES string of the molecule is CCOC(=O)[C@](NC(=O)c1ccccc1)(Nc1sc2c(c1C#N)CC[C@H](C(C)(C)C)C2)C(F)(F)F. The topological polar surface area (TPSA) is 91.2 Å². The number of rotatable bonds is 6. The average Bonchev–Trinajstić information content (AvgIpc) is 3.13. The van der Waals surface area contributed by atoms with E-state index in [1.807, 2.05) is 11.4 Å². The van der Waals surface area contributed by atoms with Crippen LogP contribution in [-0.4, -0.2) is 30.3 Å². The number of fused-ring (bicyclic) bond motifs is 1. The number of amides is 1. The Balaban J connectivity index is 2.09. The van der Waals surface area contributed by atoms with Gasteiger partial charge in [-0.15, -0.1) is 11.3 Å². The highest BCUT2D eigenvalue weighted by Crippen LogP contribution is 2.45. The second kappa shape index (κ2) is 9.90. The molecule has 10 heteroatoms. The van der Waals surface area contributed by atoms with Gasteiger partial charge < -0.3 is 15.4 Å². The van der Waals surface area contributed by atoms with Crippen LogP contribution in [0.3, 0.4) is 0 Å². The number of nitrogens with zero attached hydrogens (tertiary/aromatic N) is 1. The Hall–Kier alpha value is -3.06. The van der Waals surface area contributed by atoms with E-state index in [0.717, 1.165) is 22.6 Å². The second-order valence-electron chi connectivity index (χ2n) is 9.54. The summed E-state index contributed by atoms with van der Waals surface area (Å²) in [5.41, 5.74) is -2.91. The number of nitriles is 1. The zero-order valence-electron chi connectivity index (χ0n) is 20.0. The molecule has 0 saturated carbocycles. The zero-order chi connectivity index (χ0) is 26.0. The van der Waals surface area contributed by atoms with Crippen LogP contribution < -0.4 is 10.6 Å². The third-order valence-electron chi connectivity index (χ3n) is 6.25. The van der Waals surface area contributed by atoms with Crippen molar-refractivity contribution >= 4 is 28.2 Å². The van der Waals surface area contributed by atoms with Gasteiger partial charge in [0.25, 0.3) is 5.91 Å². The van der Waals surface area contributed by atoms with Gasteiger partial charge in [-0.1, -0.05) is 39.0 Å². The Morgan fingerprint density at radius 2 is 1.86 bits per heavy atom. The number of carbonyl (C=O) groups is 2. The molecular formula is C25H28F3N3O3S. The number of nitrogens with one attached hydrogen (secondary N) is 2. The minimum Gasteiger partial charge on any atom is -0.463 e. The summed E-state index contributed by atoms with van der Waals surface area (Å²) in [6.07, 6.45) is -3.31. The Morgan fingerprint density at radius 3 is 2.40 bits per heavy atom. The van der Waals surface area contributed by atoms with Gasteiger partial charge in [-0.25, -0.2) is 4.79 Å². The number of ether oxygens (including phenoxy) is 1. The van der Waals surface area contributed by atoms with Gasteiger partial charge in [-0.05, 0) is 55.2 Å². The summed E-state index contributed by atoms with van der Waals surface area (Å²) >= 11 is 1.02. The smallest absolute Gasteiger partial charge is 0.441 e. The molecule has 1 aliphatic carbocycles. The number of hydrogen-bond donors (Lipinski definition) is 2. The molecule has 2 atom stereocenters. The van der Waals surface area contributed by atoms with Gasteiger partial charge in [0, 0.05) is 10.4 Å². The van der Waals surface area contributed by atoms with E-state index in [9.17, 15) is 28.0 Å². The van der Waals surface area contributed by atoms with E-state index in [1.54, 1.807) is 6.07 Å². The first-order chi connectivity index (χ1) is 16.3. The third kappa shape index (κ3) is 5.30. The van der Waals surface area contributed by atoms with Crippen LogP contribution >= 0.6 is 11.3 Å². The van der Waals surface area contributed by atoms with Crippen LogP contribution in [0.1, 0.15) is 60.5 Å². The largest absolute Gasteiger partial charge is 0.463 e. The van der Waals surface area contributed by atoms with Crippen LogP contribution in [0.15, 0.2) is 30.3 Å². The number of halogens is 3. The standard InChI is InChI=1S/C25H28F3N3O3S/c1-5-34-22(33)24(25(26,27)28,30-20(32)15-9-7-6-8-10-15)31-21-18(14-29)17-12-11-16(23(2,3)4)13-19(17)35-21/h6-10,16,31H,5,11-13H2,1-4H3,(H,30,32)/t16-,24-/m0/s1. The van der Waals surface area contributed by atoms with E-state index in [2.05, 4.69) is 26.1 Å². The number of carbonyl (C=O) groups excluding carboxylic acids is 2. The second-order valence-corrected chi connectivity index (χ2v) is 10.6. The number of benzene rings is 1. The van der Waals surface area contributed by atoms with Gasteiger partial charge in [0.15, 0.2) is 0 Å². The molecule has 0 unspecified atom stereocenters. The minimum absolute atomic E-state index is 0.00754. The molecule has 6 nitrogen and oxygen atoms in total. The van der Waals surface area contributed by atoms with E-state index in [1.165, 1.54) is 31.2 Å². The van der Waals surface area contributed by atoms with Crippen molar-refractivity contribution in [2.45, 2.75) is 58.8 Å². The first kappa shape index (κ1) is 26.5. The lowest BCUT2D eigenvalue weighted by atomic mass is 9.72.